The molecule has 0 aliphatic heterocycles. The predicted molar refractivity (Wildman–Crippen MR) is 105 cm³/mol. The number of hydrogen-bond donors (Lipinski definition) is 0. The summed E-state index contributed by atoms with van der Waals surface area (Å²) in [5.74, 6) is 0.728. The van der Waals surface area contributed by atoms with Crippen LogP contribution >= 0.6 is 31.9 Å². The van der Waals surface area contributed by atoms with E-state index in [0.29, 0.717) is 4.73 Å². The molecule has 0 unspecified atom stereocenters. The van der Waals surface area contributed by atoms with Gasteiger partial charge in [-0.25, -0.2) is 0 Å². The average Bonchev–Trinajstić information content (AvgIpc) is 3.04. The van der Waals surface area contributed by atoms with E-state index in [-0.39, 0.29) is 0 Å². The molecule has 4 nitrogen and oxygen atoms in total. The standard InChI is InChI=1S/C19H12Br2N4/c20-15-8-4-5-9-17(15)25-18(23-24-19(25)21)14-10-11-16(22-12-14)13-6-2-1-3-7-13/h1-12H. The summed E-state index contributed by atoms with van der Waals surface area (Å²) in [6.45, 7) is 0. The van der Waals surface area contributed by atoms with Gasteiger partial charge in [0.1, 0.15) is 0 Å². The third-order valence-corrected chi connectivity index (χ3v) is 4.99. The highest BCUT2D eigenvalue weighted by Crippen LogP contribution is 2.30. The zero-order chi connectivity index (χ0) is 17.2. The molecule has 122 valence electrons. The SMILES string of the molecule is Brc1ccccc1-n1c(Br)nnc1-c1ccc(-c2ccccc2)nc1. The molecule has 0 spiro atoms. The largest absolute Gasteiger partial charge is 0.268 e. The number of benzene rings is 2. The molecule has 2 aromatic carbocycles. The van der Waals surface area contributed by atoms with Crippen molar-refractivity contribution in [2.24, 2.45) is 0 Å². The molecule has 4 rings (SSSR count). The normalized spacial score (nSPS) is 10.8. The number of pyridine rings is 1. The fraction of sp³-hybridized carbons (Fsp3) is 0. The zero-order valence-corrected chi connectivity index (χ0v) is 16.1. The highest BCUT2D eigenvalue weighted by atomic mass is 79.9. The van der Waals surface area contributed by atoms with Gasteiger partial charge in [0.25, 0.3) is 0 Å². The third-order valence-electron chi connectivity index (χ3n) is 3.81. The number of hydrogen-bond acceptors (Lipinski definition) is 3. The van der Waals surface area contributed by atoms with Crippen molar-refractivity contribution in [3.8, 4) is 28.3 Å². The molecule has 0 fully saturated rings. The first kappa shape index (κ1) is 16.2. The molecule has 0 radical (unpaired) electrons. The van der Waals surface area contributed by atoms with Gasteiger partial charge >= 0.3 is 0 Å². The van der Waals surface area contributed by atoms with Gasteiger partial charge in [-0.3, -0.25) is 9.55 Å². The van der Waals surface area contributed by atoms with Crippen LogP contribution in [0.1, 0.15) is 0 Å². The fourth-order valence-electron chi connectivity index (χ4n) is 2.60. The lowest BCUT2D eigenvalue weighted by Gasteiger charge is -2.10. The van der Waals surface area contributed by atoms with Gasteiger partial charge in [0.05, 0.1) is 11.4 Å². The molecule has 0 saturated carbocycles. The van der Waals surface area contributed by atoms with Gasteiger partial charge in [-0.1, -0.05) is 42.5 Å². The molecule has 2 aromatic heterocycles. The van der Waals surface area contributed by atoms with Crippen LogP contribution in [0.2, 0.25) is 0 Å². The number of aromatic nitrogens is 4. The van der Waals surface area contributed by atoms with E-state index >= 15 is 0 Å². The molecule has 25 heavy (non-hydrogen) atoms. The van der Waals surface area contributed by atoms with Gasteiger partial charge in [0, 0.05) is 21.8 Å². The molecule has 2 heterocycles. The Bertz CT molecular complexity index is 1010. The predicted octanol–water partition coefficient (Wildman–Crippen LogP) is 5.52. The number of rotatable bonds is 3. The number of para-hydroxylation sites is 1. The van der Waals surface area contributed by atoms with Crippen LogP contribution in [0.25, 0.3) is 28.3 Å². The highest BCUT2D eigenvalue weighted by Gasteiger charge is 2.16. The van der Waals surface area contributed by atoms with Gasteiger partial charge in [0.15, 0.2) is 5.82 Å². The molecular formula is C19H12Br2N4. The Hall–Kier alpha value is -2.31. The minimum atomic E-state index is 0.640. The quantitative estimate of drug-likeness (QED) is 0.408. The Kier molecular flexibility index (Phi) is 4.46. The second kappa shape index (κ2) is 6.90. The Morgan fingerprint density at radius 3 is 2.20 bits per heavy atom. The molecule has 0 saturated heterocycles. The van der Waals surface area contributed by atoms with Crippen molar-refractivity contribution in [2.45, 2.75) is 0 Å². The van der Waals surface area contributed by atoms with Crippen molar-refractivity contribution in [2.75, 3.05) is 0 Å². The first-order valence-electron chi connectivity index (χ1n) is 7.62. The maximum Gasteiger partial charge on any atom is 0.205 e. The lowest BCUT2D eigenvalue weighted by Crippen LogP contribution is -1.99. The van der Waals surface area contributed by atoms with Crippen LogP contribution < -0.4 is 0 Å². The molecule has 6 heteroatoms. The van der Waals surface area contributed by atoms with Crippen molar-refractivity contribution in [1.29, 1.82) is 0 Å². The number of nitrogens with zero attached hydrogens (tertiary/aromatic N) is 4. The van der Waals surface area contributed by atoms with E-state index in [1.165, 1.54) is 0 Å². The van der Waals surface area contributed by atoms with Gasteiger partial charge < -0.3 is 0 Å². The second-order valence-electron chi connectivity index (χ2n) is 5.38. The van der Waals surface area contributed by atoms with Crippen LogP contribution in [0.15, 0.2) is 82.1 Å². The lowest BCUT2D eigenvalue weighted by molar-refractivity contribution is 1.01. The molecule has 0 amide bonds. The molecule has 0 atom stereocenters. The summed E-state index contributed by atoms with van der Waals surface area (Å²) in [6.07, 6.45) is 1.83. The summed E-state index contributed by atoms with van der Waals surface area (Å²) in [6, 6.07) is 22.1. The van der Waals surface area contributed by atoms with Crippen LogP contribution in [-0.2, 0) is 0 Å². The summed E-state index contributed by atoms with van der Waals surface area (Å²) in [4.78, 5) is 4.58. The van der Waals surface area contributed by atoms with E-state index in [4.69, 9.17) is 0 Å². The van der Waals surface area contributed by atoms with E-state index in [9.17, 15) is 0 Å². The van der Waals surface area contributed by atoms with Crippen LogP contribution in [-0.4, -0.2) is 19.7 Å². The molecule has 4 aromatic rings. The van der Waals surface area contributed by atoms with Crippen molar-refractivity contribution >= 4 is 31.9 Å². The Morgan fingerprint density at radius 2 is 1.48 bits per heavy atom. The van der Waals surface area contributed by atoms with Crippen LogP contribution in [0, 0.1) is 0 Å². The lowest BCUT2D eigenvalue weighted by atomic mass is 10.1. The maximum absolute atomic E-state index is 4.58. The minimum absolute atomic E-state index is 0.640. The monoisotopic (exact) mass is 454 g/mol. The average molecular weight is 456 g/mol. The highest BCUT2D eigenvalue weighted by molar-refractivity contribution is 9.10. The fourth-order valence-corrected chi connectivity index (χ4v) is 3.51. The van der Waals surface area contributed by atoms with Crippen LogP contribution in [0.5, 0.6) is 0 Å². The topological polar surface area (TPSA) is 43.6 Å². The van der Waals surface area contributed by atoms with Crippen LogP contribution in [0.3, 0.4) is 0 Å². The van der Waals surface area contributed by atoms with E-state index < -0.39 is 0 Å². The van der Waals surface area contributed by atoms with Gasteiger partial charge in [0.2, 0.25) is 4.73 Å². The number of halogens is 2. The third kappa shape index (κ3) is 3.15. The van der Waals surface area contributed by atoms with Crippen molar-refractivity contribution < 1.29 is 0 Å². The first-order valence-corrected chi connectivity index (χ1v) is 9.20. The Labute approximate surface area is 161 Å². The summed E-state index contributed by atoms with van der Waals surface area (Å²) in [5, 5.41) is 8.48. The maximum atomic E-state index is 4.58. The van der Waals surface area contributed by atoms with Crippen molar-refractivity contribution in [3.05, 3.63) is 82.1 Å². The van der Waals surface area contributed by atoms with E-state index in [2.05, 4.69) is 47.0 Å². The molecule has 0 aliphatic rings. The summed E-state index contributed by atoms with van der Waals surface area (Å²) in [7, 11) is 0. The van der Waals surface area contributed by atoms with Crippen molar-refractivity contribution in [1.82, 2.24) is 19.7 Å². The van der Waals surface area contributed by atoms with E-state index in [1.54, 1.807) is 0 Å². The summed E-state index contributed by atoms with van der Waals surface area (Å²) >= 11 is 7.07. The smallest absolute Gasteiger partial charge is 0.205 e. The van der Waals surface area contributed by atoms with Crippen molar-refractivity contribution in [3.63, 3.8) is 0 Å². The molecule has 0 N–H and O–H groups in total. The van der Waals surface area contributed by atoms with Gasteiger partial charge in [-0.2, -0.15) is 0 Å². The van der Waals surface area contributed by atoms with E-state index in [1.807, 2.05) is 77.5 Å². The minimum Gasteiger partial charge on any atom is -0.268 e. The molecule has 0 bridgehead atoms. The van der Waals surface area contributed by atoms with Crippen LogP contribution in [0.4, 0.5) is 0 Å². The Morgan fingerprint density at radius 1 is 0.720 bits per heavy atom. The molecular weight excluding hydrogens is 444 g/mol. The second-order valence-corrected chi connectivity index (χ2v) is 6.94. The zero-order valence-electron chi connectivity index (χ0n) is 13.0. The van der Waals surface area contributed by atoms with E-state index in [0.717, 1.165) is 32.8 Å². The Balaban J connectivity index is 1.78. The van der Waals surface area contributed by atoms with Gasteiger partial charge in [-0.05, 0) is 56.1 Å². The van der Waals surface area contributed by atoms with Gasteiger partial charge in [-0.15, -0.1) is 10.2 Å². The summed E-state index contributed by atoms with van der Waals surface area (Å²) < 4.78 is 3.55. The summed E-state index contributed by atoms with van der Waals surface area (Å²) in [5.41, 5.74) is 3.87. The first-order chi connectivity index (χ1) is 12.2. The molecule has 0 aliphatic carbocycles.